The lowest BCUT2D eigenvalue weighted by Gasteiger charge is -2.36. The number of hydrogen-bond acceptors (Lipinski definition) is 8. The summed E-state index contributed by atoms with van der Waals surface area (Å²) in [6.45, 7) is 11.7. The lowest BCUT2D eigenvalue weighted by molar-refractivity contribution is -0.152. The lowest BCUT2D eigenvalue weighted by atomic mass is 9.65. The molecule has 0 saturated heterocycles. The fraction of sp³-hybridized carbons (Fsp3) is 0.645. The number of rotatable bonds is 14. The molecule has 1 aliphatic rings. The van der Waals surface area contributed by atoms with Crippen molar-refractivity contribution in [3.05, 3.63) is 29.3 Å². The van der Waals surface area contributed by atoms with Gasteiger partial charge in [-0.1, -0.05) is 33.3 Å². The molecule has 2 rings (SSSR count). The highest BCUT2D eigenvalue weighted by Gasteiger charge is 2.48. The van der Waals surface area contributed by atoms with Gasteiger partial charge in [0.1, 0.15) is 11.5 Å². The number of anilines is 1. The van der Waals surface area contributed by atoms with Gasteiger partial charge in [0, 0.05) is 12.3 Å². The lowest BCUT2D eigenvalue weighted by Crippen LogP contribution is -2.45. The molecule has 1 unspecified atom stereocenters. The predicted octanol–water partition coefficient (Wildman–Crippen LogP) is 6.08. The van der Waals surface area contributed by atoms with E-state index >= 15 is 0 Å². The molecule has 1 aliphatic carbocycles. The molecule has 0 spiro atoms. The molecule has 1 aromatic rings. The summed E-state index contributed by atoms with van der Waals surface area (Å²) in [6, 6.07) is 5.44. The maximum atomic E-state index is 14.5. The Kier molecular flexibility index (Phi) is 12.8. The number of Topliss-reactive ketones (excluding diaryl/α,β-unsaturated/α-hetero) is 2. The van der Waals surface area contributed by atoms with Crippen molar-refractivity contribution in [2.24, 2.45) is 16.9 Å². The van der Waals surface area contributed by atoms with Crippen LogP contribution in [0, 0.1) is 18.8 Å². The Hall–Kier alpha value is -3.03. The summed E-state index contributed by atoms with van der Waals surface area (Å²) in [5, 5.41) is 4.41. The number of benzene rings is 1. The van der Waals surface area contributed by atoms with Gasteiger partial charge in [-0.15, -0.1) is 0 Å². The van der Waals surface area contributed by atoms with Crippen LogP contribution in [0.4, 0.5) is 5.69 Å². The van der Waals surface area contributed by atoms with Crippen molar-refractivity contribution in [3.63, 3.8) is 0 Å². The van der Waals surface area contributed by atoms with Crippen molar-refractivity contribution < 1.29 is 28.7 Å². The molecule has 0 bridgehead atoms. The first-order chi connectivity index (χ1) is 18.6. The maximum absolute atomic E-state index is 14.5. The number of nitrogens with one attached hydrogen (secondary N) is 1. The number of hydrazone groups is 1. The van der Waals surface area contributed by atoms with Gasteiger partial charge in [-0.2, -0.15) is 5.10 Å². The third kappa shape index (κ3) is 9.01. The molecule has 0 radical (unpaired) electrons. The van der Waals surface area contributed by atoms with E-state index in [4.69, 9.17) is 9.47 Å². The Balaban J connectivity index is 2.67. The highest BCUT2D eigenvalue weighted by molar-refractivity contribution is 6.40. The van der Waals surface area contributed by atoms with E-state index in [1.165, 1.54) is 0 Å². The number of hydrogen-bond donors (Lipinski definition) is 1. The molecule has 1 atom stereocenters. The third-order valence-corrected chi connectivity index (χ3v) is 7.31. The Bertz CT molecular complexity index is 1030. The molecule has 1 N–H and O–H groups in total. The van der Waals surface area contributed by atoms with Crippen LogP contribution in [0.15, 0.2) is 23.3 Å². The van der Waals surface area contributed by atoms with Gasteiger partial charge in [0.05, 0.1) is 37.2 Å². The monoisotopic (exact) mass is 542 g/mol. The smallest absolute Gasteiger partial charge is 0.307 e. The largest absolute Gasteiger partial charge is 0.466 e. The molecule has 0 aliphatic heterocycles. The summed E-state index contributed by atoms with van der Waals surface area (Å²) in [7, 11) is 0. The predicted molar refractivity (Wildman–Crippen MR) is 153 cm³/mol. The fourth-order valence-corrected chi connectivity index (χ4v) is 5.39. The Morgan fingerprint density at radius 1 is 0.974 bits per heavy atom. The number of aryl methyl sites for hydroxylation is 1. The second kappa shape index (κ2) is 15.5. The topological polar surface area (TPSA) is 111 Å². The molecule has 39 heavy (non-hydrogen) atoms. The summed E-state index contributed by atoms with van der Waals surface area (Å²) in [6.07, 6.45) is 4.56. The van der Waals surface area contributed by atoms with Gasteiger partial charge in [-0.25, -0.2) is 0 Å². The van der Waals surface area contributed by atoms with Gasteiger partial charge in [0.25, 0.3) is 0 Å². The van der Waals surface area contributed by atoms with Gasteiger partial charge in [-0.05, 0) is 82.1 Å². The number of carbonyl (C=O) groups excluding carboxylic acids is 4. The first-order valence-corrected chi connectivity index (χ1v) is 14.4. The first-order valence-electron chi connectivity index (χ1n) is 14.4. The molecule has 8 heteroatoms. The van der Waals surface area contributed by atoms with Crippen LogP contribution in [0.25, 0.3) is 0 Å². The Labute approximate surface area is 233 Å². The van der Waals surface area contributed by atoms with Gasteiger partial charge in [0.15, 0.2) is 5.78 Å². The van der Waals surface area contributed by atoms with Crippen LogP contribution in [0.3, 0.4) is 0 Å². The zero-order chi connectivity index (χ0) is 29.0. The third-order valence-electron chi connectivity index (χ3n) is 7.31. The van der Waals surface area contributed by atoms with Gasteiger partial charge in [-0.3, -0.25) is 24.6 Å². The highest BCUT2D eigenvalue weighted by Crippen LogP contribution is 2.41. The van der Waals surface area contributed by atoms with Crippen LogP contribution in [-0.2, 0) is 34.1 Å². The quantitative estimate of drug-likeness (QED) is 0.172. The van der Waals surface area contributed by atoms with E-state index in [9.17, 15) is 19.2 Å². The van der Waals surface area contributed by atoms with Crippen molar-refractivity contribution in [2.75, 3.05) is 18.6 Å². The maximum Gasteiger partial charge on any atom is 0.307 e. The van der Waals surface area contributed by atoms with Crippen molar-refractivity contribution >= 4 is 34.9 Å². The van der Waals surface area contributed by atoms with Crippen molar-refractivity contribution in [1.29, 1.82) is 0 Å². The molecule has 1 fully saturated rings. The molecule has 1 saturated carbocycles. The molecule has 0 aromatic heterocycles. The molecule has 8 nitrogen and oxygen atoms in total. The van der Waals surface area contributed by atoms with E-state index in [0.29, 0.717) is 42.6 Å². The van der Waals surface area contributed by atoms with E-state index < -0.39 is 17.4 Å². The number of ether oxygens (including phenoxy) is 2. The van der Waals surface area contributed by atoms with Crippen LogP contribution in [0.5, 0.6) is 0 Å². The normalized spacial score (nSPS) is 16.1. The van der Waals surface area contributed by atoms with Gasteiger partial charge >= 0.3 is 11.9 Å². The van der Waals surface area contributed by atoms with Gasteiger partial charge < -0.3 is 9.47 Å². The summed E-state index contributed by atoms with van der Waals surface area (Å²) < 4.78 is 10.6. The number of nitrogens with zero attached hydrogens (tertiary/aromatic N) is 1. The van der Waals surface area contributed by atoms with E-state index in [1.807, 2.05) is 26.0 Å². The number of ketones is 2. The fourth-order valence-electron chi connectivity index (χ4n) is 5.39. The number of esters is 2. The van der Waals surface area contributed by atoms with Gasteiger partial charge in [0.2, 0.25) is 0 Å². The minimum Gasteiger partial charge on any atom is -0.466 e. The Morgan fingerprint density at radius 2 is 1.59 bits per heavy atom. The summed E-state index contributed by atoms with van der Waals surface area (Å²) in [4.78, 5) is 52.9. The molecule has 0 amide bonds. The van der Waals surface area contributed by atoms with E-state index in [2.05, 4.69) is 24.4 Å². The van der Waals surface area contributed by atoms with Crippen LogP contribution in [0.2, 0.25) is 0 Å². The van der Waals surface area contributed by atoms with Crippen LogP contribution in [-0.4, -0.2) is 42.4 Å². The number of carbonyl (C=O) groups is 4. The van der Waals surface area contributed by atoms with Crippen LogP contribution in [0.1, 0.15) is 104 Å². The standard InChI is InChI=1S/C31H46N2O6/c1-7-23(17-21(4)5)30(37)31(19-28(35)38-8-2,20-29(36)39-9-3)25-18-24(16-15-22(25)6)32-33-26-13-11-10-12-14-27(26)34/h15-16,18,21,23,32H,7-14,17,19-20H2,1-6H3/b33-26+. The summed E-state index contributed by atoms with van der Waals surface area (Å²) in [5.74, 6) is -1.31. The summed E-state index contributed by atoms with van der Waals surface area (Å²) in [5.41, 5.74) is 3.95. The van der Waals surface area contributed by atoms with Crippen molar-refractivity contribution in [3.8, 4) is 0 Å². The van der Waals surface area contributed by atoms with Crippen molar-refractivity contribution in [1.82, 2.24) is 0 Å². The first kappa shape index (κ1) is 32.2. The minimum atomic E-state index is -1.47. The average Bonchev–Trinajstić information content (AvgIpc) is 3.09. The molecular weight excluding hydrogens is 496 g/mol. The average molecular weight is 543 g/mol. The van der Waals surface area contributed by atoms with Crippen LogP contribution >= 0.6 is 0 Å². The molecule has 0 heterocycles. The zero-order valence-corrected chi connectivity index (χ0v) is 24.6. The highest BCUT2D eigenvalue weighted by atomic mass is 16.5. The second-order valence-electron chi connectivity index (χ2n) is 10.8. The van der Waals surface area contributed by atoms with Crippen molar-refractivity contribution in [2.45, 2.75) is 105 Å². The Morgan fingerprint density at radius 3 is 2.15 bits per heavy atom. The molecule has 1 aromatic carbocycles. The SMILES string of the molecule is CCOC(=O)CC(CC(=O)OCC)(C(=O)C(CC)CC(C)C)c1cc(N/N=C2\CCCCCC2=O)ccc1C. The van der Waals surface area contributed by atoms with Crippen LogP contribution < -0.4 is 5.43 Å². The summed E-state index contributed by atoms with van der Waals surface area (Å²) >= 11 is 0. The van der Waals surface area contributed by atoms with E-state index in [0.717, 1.165) is 24.8 Å². The van der Waals surface area contributed by atoms with E-state index in [1.54, 1.807) is 19.9 Å². The molecular formula is C31H46N2O6. The second-order valence-corrected chi connectivity index (χ2v) is 10.8. The van der Waals surface area contributed by atoms with E-state index in [-0.39, 0.29) is 49.5 Å². The zero-order valence-electron chi connectivity index (χ0n) is 24.6. The molecule has 216 valence electrons. The minimum absolute atomic E-state index is 0.0426.